The van der Waals surface area contributed by atoms with Crippen molar-refractivity contribution in [2.45, 2.75) is 71.6 Å². The van der Waals surface area contributed by atoms with E-state index in [-0.39, 0.29) is 5.91 Å². The van der Waals surface area contributed by atoms with Crippen LogP contribution in [-0.2, 0) is 4.79 Å². The zero-order valence-electron chi connectivity index (χ0n) is 11.6. The zero-order chi connectivity index (χ0) is 12.8. The van der Waals surface area contributed by atoms with E-state index in [4.69, 9.17) is 0 Å². The predicted octanol–water partition coefficient (Wildman–Crippen LogP) is 4.21. The summed E-state index contributed by atoms with van der Waals surface area (Å²) in [6.45, 7) is 5.07. The number of carbonyl (C=O) groups excluding carboxylic acids is 1. The highest BCUT2D eigenvalue weighted by Gasteiger charge is 1.98. The Labute approximate surface area is 107 Å². The number of nitrogens with one attached hydrogen (secondary N) is 1. The van der Waals surface area contributed by atoms with Gasteiger partial charge in [0.2, 0.25) is 5.91 Å². The fourth-order valence-electron chi connectivity index (χ4n) is 1.72. The van der Waals surface area contributed by atoms with E-state index in [1.165, 1.54) is 32.1 Å². The van der Waals surface area contributed by atoms with E-state index in [1.807, 2.05) is 0 Å². The van der Waals surface area contributed by atoms with Crippen molar-refractivity contribution in [3.63, 3.8) is 0 Å². The van der Waals surface area contributed by atoms with Gasteiger partial charge in [-0.3, -0.25) is 4.79 Å². The molecular weight excluding hydrogens is 210 g/mol. The number of hydrogen-bond acceptors (Lipinski definition) is 1. The summed E-state index contributed by atoms with van der Waals surface area (Å²) in [6, 6.07) is 0. The monoisotopic (exact) mass is 239 g/mol. The maximum atomic E-state index is 11.3. The van der Waals surface area contributed by atoms with Gasteiger partial charge in [0.15, 0.2) is 0 Å². The van der Waals surface area contributed by atoms with Crippen LogP contribution in [0.2, 0.25) is 0 Å². The first kappa shape index (κ1) is 16.2. The normalized spacial score (nSPS) is 10.9. The number of hydrogen-bond donors (Lipinski definition) is 1. The molecule has 0 bridgehead atoms. The molecular formula is C15H29NO. The summed E-state index contributed by atoms with van der Waals surface area (Å²) in [4.78, 5) is 11.3. The number of carbonyl (C=O) groups is 1. The molecule has 0 spiro atoms. The Hall–Kier alpha value is -0.790. The Morgan fingerprint density at radius 2 is 1.71 bits per heavy atom. The lowest BCUT2D eigenvalue weighted by molar-refractivity contribution is -0.121. The Morgan fingerprint density at radius 1 is 1.00 bits per heavy atom. The SMILES string of the molecule is CC/C=C/CCCCCCCC(=O)NCCC. The molecule has 0 radical (unpaired) electrons. The van der Waals surface area contributed by atoms with Crippen LogP contribution in [0.3, 0.4) is 0 Å². The van der Waals surface area contributed by atoms with E-state index in [1.54, 1.807) is 0 Å². The highest BCUT2D eigenvalue weighted by Crippen LogP contribution is 2.07. The molecule has 0 unspecified atom stereocenters. The van der Waals surface area contributed by atoms with Crippen LogP contribution in [0.15, 0.2) is 12.2 Å². The zero-order valence-corrected chi connectivity index (χ0v) is 11.6. The van der Waals surface area contributed by atoms with Crippen LogP contribution < -0.4 is 5.32 Å². The summed E-state index contributed by atoms with van der Waals surface area (Å²) in [5, 5.41) is 2.91. The minimum Gasteiger partial charge on any atom is -0.356 e. The first-order chi connectivity index (χ1) is 8.31. The van der Waals surface area contributed by atoms with Crippen LogP contribution in [-0.4, -0.2) is 12.5 Å². The predicted molar refractivity (Wildman–Crippen MR) is 75.1 cm³/mol. The molecule has 0 aliphatic carbocycles. The fourth-order valence-corrected chi connectivity index (χ4v) is 1.72. The second-order valence-corrected chi connectivity index (χ2v) is 4.54. The van der Waals surface area contributed by atoms with Gasteiger partial charge in [-0.15, -0.1) is 0 Å². The summed E-state index contributed by atoms with van der Waals surface area (Å²) in [5.74, 6) is 0.220. The van der Waals surface area contributed by atoms with Gasteiger partial charge < -0.3 is 5.32 Å². The van der Waals surface area contributed by atoms with Gasteiger partial charge in [0, 0.05) is 13.0 Å². The molecule has 0 aromatic rings. The van der Waals surface area contributed by atoms with Crippen molar-refractivity contribution in [1.82, 2.24) is 5.32 Å². The molecule has 0 saturated heterocycles. The third kappa shape index (κ3) is 13.1. The van der Waals surface area contributed by atoms with Crippen LogP contribution in [0.25, 0.3) is 0 Å². The number of amides is 1. The fraction of sp³-hybridized carbons (Fsp3) is 0.800. The molecule has 1 N–H and O–H groups in total. The molecule has 2 nitrogen and oxygen atoms in total. The quantitative estimate of drug-likeness (QED) is 0.425. The van der Waals surface area contributed by atoms with Crippen molar-refractivity contribution >= 4 is 5.91 Å². The summed E-state index contributed by atoms with van der Waals surface area (Å²) in [5.41, 5.74) is 0. The number of allylic oxidation sites excluding steroid dienone is 2. The van der Waals surface area contributed by atoms with Gasteiger partial charge >= 0.3 is 0 Å². The molecule has 100 valence electrons. The smallest absolute Gasteiger partial charge is 0.219 e. The lowest BCUT2D eigenvalue weighted by atomic mass is 10.1. The second-order valence-electron chi connectivity index (χ2n) is 4.54. The van der Waals surface area contributed by atoms with Crippen molar-refractivity contribution in [2.24, 2.45) is 0 Å². The Kier molecular flexibility index (Phi) is 12.7. The van der Waals surface area contributed by atoms with Crippen molar-refractivity contribution in [2.75, 3.05) is 6.54 Å². The maximum Gasteiger partial charge on any atom is 0.219 e. The number of rotatable bonds is 11. The molecule has 0 rings (SSSR count). The Balaban J connectivity index is 3.12. The molecule has 0 aliphatic rings. The van der Waals surface area contributed by atoms with E-state index >= 15 is 0 Å². The van der Waals surface area contributed by atoms with E-state index in [0.717, 1.165) is 25.8 Å². The van der Waals surface area contributed by atoms with Gasteiger partial charge in [-0.1, -0.05) is 45.3 Å². The van der Waals surface area contributed by atoms with Gasteiger partial charge in [-0.05, 0) is 32.1 Å². The summed E-state index contributed by atoms with van der Waals surface area (Å²) >= 11 is 0. The van der Waals surface area contributed by atoms with E-state index in [9.17, 15) is 4.79 Å². The van der Waals surface area contributed by atoms with Crippen LogP contribution in [0.5, 0.6) is 0 Å². The minimum atomic E-state index is 0.220. The number of unbranched alkanes of at least 4 members (excludes halogenated alkanes) is 5. The highest BCUT2D eigenvalue weighted by molar-refractivity contribution is 5.75. The average Bonchev–Trinajstić information content (AvgIpc) is 2.34. The van der Waals surface area contributed by atoms with Crippen molar-refractivity contribution < 1.29 is 4.79 Å². The highest BCUT2D eigenvalue weighted by atomic mass is 16.1. The molecule has 0 heterocycles. The molecule has 1 amide bonds. The van der Waals surface area contributed by atoms with Gasteiger partial charge in [-0.25, -0.2) is 0 Å². The molecule has 0 fully saturated rings. The van der Waals surface area contributed by atoms with Crippen molar-refractivity contribution in [3.05, 3.63) is 12.2 Å². The standard InChI is InChI=1S/C15H29NO/c1-3-5-6-7-8-9-10-11-12-13-15(17)16-14-4-2/h5-6H,3-4,7-14H2,1-2H3,(H,16,17)/b6-5+. The van der Waals surface area contributed by atoms with Crippen molar-refractivity contribution in [3.8, 4) is 0 Å². The summed E-state index contributed by atoms with van der Waals surface area (Å²) in [7, 11) is 0. The third-order valence-electron chi connectivity index (χ3n) is 2.75. The molecule has 0 aliphatic heterocycles. The Bertz CT molecular complexity index is 199. The van der Waals surface area contributed by atoms with E-state index < -0.39 is 0 Å². The van der Waals surface area contributed by atoms with Crippen LogP contribution in [0.4, 0.5) is 0 Å². The topological polar surface area (TPSA) is 29.1 Å². The lowest BCUT2D eigenvalue weighted by Crippen LogP contribution is -2.23. The maximum absolute atomic E-state index is 11.3. The lowest BCUT2D eigenvalue weighted by Gasteiger charge is -2.03. The molecule has 0 aromatic carbocycles. The minimum absolute atomic E-state index is 0.220. The molecule has 2 heteroatoms. The van der Waals surface area contributed by atoms with Gasteiger partial charge in [0.05, 0.1) is 0 Å². The summed E-state index contributed by atoms with van der Waals surface area (Å²) in [6.07, 6.45) is 14.7. The van der Waals surface area contributed by atoms with Gasteiger partial charge in [-0.2, -0.15) is 0 Å². The second kappa shape index (κ2) is 13.3. The largest absolute Gasteiger partial charge is 0.356 e. The summed E-state index contributed by atoms with van der Waals surface area (Å²) < 4.78 is 0. The van der Waals surface area contributed by atoms with E-state index in [2.05, 4.69) is 31.3 Å². The van der Waals surface area contributed by atoms with Crippen LogP contribution in [0.1, 0.15) is 71.6 Å². The third-order valence-corrected chi connectivity index (χ3v) is 2.75. The first-order valence-corrected chi connectivity index (χ1v) is 7.23. The van der Waals surface area contributed by atoms with Gasteiger partial charge in [0.1, 0.15) is 0 Å². The molecule has 0 atom stereocenters. The van der Waals surface area contributed by atoms with Gasteiger partial charge in [0.25, 0.3) is 0 Å². The van der Waals surface area contributed by atoms with E-state index in [0.29, 0.717) is 6.42 Å². The van der Waals surface area contributed by atoms with Crippen molar-refractivity contribution in [1.29, 1.82) is 0 Å². The first-order valence-electron chi connectivity index (χ1n) is 7.23. The Morgan fingerprint density at radius 3 is 2.41 bits per heavy atom. The molecule has 17 heavy (non-hydrogen) atoms. The van der Waals surface area contributed by atoms with Crippen LogP contribution in [0, 0.1) is 0 Å². The molecule has 0 aromatic heterocycles. The van der Waals surface area contributed by atoms with Crippen LogP contribution >= 0.6 is 0 Å². The average molecular weight is 239 g/mol. The molecule has 0 saturated carbocycles.